The van der Waals surface area contributed by atoms with Gasteiger partial charge in [0, 0.05) is 25.3 Å². The average Bonchev–Trinajstić information content (AvgIpc) is 2.75. The molecule has 0 bridgehead atoms. The molecule has 1 aliphatic heterocycles. The van der Waals surface area contributed by atoms with Crippen molar-refractivity contribution in [2.75, 3.05) is 24.5 Å². The molecule has 0 spiro atoms. The summed E-state index contributed by atoms with van der Waals surface area (Å²) in [4.78, 5) is 10.8. The summed E-state index contributed by atoms with van der Waals surface area (Å²) in [5.41, 5.74) is 0. The first-order valence-corrected chi connectivity index (χ1v) is 6.83. The molecule has 2 heterocycles. The molecule has 1 N–H and O–H groups in total. The highest BCUT2D eigenvalue weighted by molar-refractivity contribution is 14.1. The number of halogens is 1. The first-order valence-electron chi connectivity index (χ1n) is 5.75. The van der Waals surface area contributed by atoms with Gasteiger partial charge in [-0.25, -0.2) is 9.97 Å². The van der Waals surface area contributed by atoms with Crippen LogP contribution >= 0.6 is 22.6 Å². The van der Waals surface area contributed by atoms with Gasteiger partial charge in [0.05, 0.1) is 3.57 Å². The summed E-state index contributed by atoms with van der Waals surface area (Å²) in [5, 5.41) is 3.42. The Hall–Kier alpha value is -0.430. The molecule has 1 fully saturated rings. The lowest BCUT2D eigenvalue weighted by atomic mass is 10.2. The van der Waals surface area contributed by atoms with Crippen molar-refractivity contribution in [2.45, 2.75) is 25.8 Å². The molecule has 1 saturated heterocycles. The Morgan fingerprint density at radius 3 is 3.25 bits per heavy atom. The molecule has 1 aliphatic rings. The van der Waals surface area contributed by atoms with Crippen LogP contribution in [0.25, 0.3) is 0 Å². The summed E-state index contributed by atoms with van der Waals surface area (Å²) in [6, 6.07) is 0.586. The van der Waals surface area contributed by atoms with Gasteiger partial charge in [-0.2, -0.15) is 0 Å². The van der Waals surface area contributed by atoms with Crippen LogP contribution in [-0.4, -0.2) is 35.6 Å². The fourth-order valence-electron chi connectivity index (χ4n) is 2.16. The van der Waals surface area contributed by atoms with E-state index in [1.807, 2.05) is 6.20 Å². The van der Waals surface area contributed by atoms with Gasteiger partial charge < -0.3 is 10.2 Å². The van der Waals surface area contributed by atoms with Gasteiger partial charge in [0.15, 0.2) is 0 Å². The normalized spacial score (nSPS) is 20.4. The highest BCUT2D eigenvalue weighted by Crippen LogP contribution is 2.26. The molecule has 0 saturated carbocycles. The van der Waals surface area contributed by atoms with Crippen LogP contribution in [0.1, 0.15) is 19.8 Å². The van der Waals surface area contributed by atoms with E-state index >= 15 is 0 Å². The Morgan fingerprint density at radius 2 is 2.50 bits per heavy atom. The third kappa shape index (κ3) is 2.63. The van der Waals surface area contributed by atoms with Crippen molar-refractivity contribution in [3.8, 4) is 0 Å². The van der Waals surface area contributed by atoms with Crippen LogP contribution in [-0.2, 0) is 0 Å². The smallest absolute Gasteiger partial charge is 0.145 e. The monoisotopic (exact) mass is 332 g/mol. The SMILES string of the molecule is CCNCC1CCCN1c1ncncc1I. The van der Waals surface area contributed by atoms with Crippen LogP contribution in [0.4, 0.5) is 5.82 Å². The highest BCUT2D eigenvalue weighted by Gasteiger charge is 2.26. The van der Waals surface area contributed by atoms with E-state index < -0.39 is 0 Å². The number of nitrogens with zero attached hydrogens (tertiary/aromatic N) is 3. The number of hydrogen-bond acceptors (Lipinski definition) is 4. The van der Waals surface area contributed by atoms with E-state index in [2.05, 4.69) is 49.7 Å². The van der Waals surface area contributed by atoms with Gasteiger partial charge in [0.1, 0.15) is 12.1 Å². The van der Waals surface area contributed by atoms with Gasteiger partial charge in [-0.1, -0.05) is 6.92 Å². The van der Waals surface area contributed by atoms with E-state index in [9.17, 15) is 0 Å². The second-order valence-electron chi connectivity index (χ2n) is 3.99. The van der Waals surface area contributed by atoms with Crippen molar-refractivity contribution in [3.63, 3.8) is 0 Å². The summed E-state index contributed by atoms with van der Waals surface area (Å²) in [6.45, 7) is 5.35. The molecular weight excluding hydrogens is 315 g/mol. The Morgan fingerprint density at radius 1 is 1.62 bits per heavy atom. The van der Waals surface area contributed by atoms with Crippen molar-refractivity contribution in [1.82, 2.24) is 15.3 Å². The van der Waals surface area contributed by atoms with E-state index in [4.69, 9.17) is 0 Å². The molecule has 2 rings (SSSR count). The highest BCUT2D eigenvalue weighted by atomic mass is 127. The van der Waals surface area contributed by atoms with E-state index in [0.717, 1.165) is 29.0 Å². The lowest BCUT2D eigenvalue weighted by Crippen LogP contribution is -2.38. The second-order valence-corrected chi connectivity index (χ2v) is 5.15. The van der Waals surface area contributed by atoms with Crippen LogP contribution in [0.15, 0.2) is 12.5 Å². The number of nitrogens with one attached hydrogen (secondary N) is 1. The lowest BCUT2D eigenvalue weighted by Gasteiger charge is -2.26. The molecule has 0 amide bonds. The Balaban J connectivity index is 2.10. The number of hydrogen-bond donors (Lipinski definition) is 1. The third-order valence-electron chi connectivity index (χ3n) is 2.93. The molecule has 0 aromatic carbocycles. The van der Waals surface area contributed by atoms with Gasteiger partial charge in [-0.15, -0.1) is 0 Å². The Bertz CT molecular complexity index is 345. The molecule has 0 aliphatic carbocycles. The minimum atomic E-state index is 0.586. The minimum absolute atomic E-state index is 0.586. The molecule has 0 radical (unpaired) electrons. The summed E-state index contributed by atoms with van der Waals surface area (Å²) in [5.74, 6) is 1.09. The maximum absolute atomic E-state index is 4.40. The van der Waals surface area contributed by atoms with Crippen LogP contribution in [0, 0.1) is 3.57 Å². The number of likely N-dealkylation sites (N-methyl/N-ethyl adjacent to an activating group) is 1. The largest absolute Gasteiger partial charge is 0.351 e. The standard InChI is InChI=1S/C11H17IN4/c1-2-13-6-9-4-3-5-16(9)11-10(12)7-14-8-15-11/h7-9,13H,2-6H2,1H3. The number of anilines is 1. The van der Waals surface area contributed by atoms with Crippen molar-refractivity contribution in [3.05, 3.63) is 16.1 Å². The fraction of sp³-hybridized carbons (Fsp3) is 0.636. The third-order valence-corrected chi connectivity index (χ3v) is 3.69. The van der Waals surface area contributed by atoms with Gasteiger partial charge in [0.2, 0.25) is 0 Å². The predicted molar refractivity (Wildman–Crippen MR) is 73.7 cm³/mol. The molecular formula is C11H17IN4. The maximum Gasteiger partial charge on any atom is 0.145 e. The first-order chi connectivity index (χ1) is 7.83. The average molecular weight is 332 g/mol. The summed E-state index contributed by atoms with van der Waals surface area (Å²) in [6.07, 6.45) is 6.04. The van der Waals surface area contributed by atoms with Gasteiger partial charge in [-0.05, 0) is 42.0 Å². The van der Waals surface area contributed by atoms with E-state index in [1.54, 1.807) is 6.33 Å². The maximum atomic E-state index is 4.40. The molecule has 1 aromatic heterocycles. The van der Waals surface area contributed by atoms with Crippen molar-refractivity contribution in [1.29, 1.82) is 0 Å². The Kier molecular flexibility index (Phi) is 4.34. The molecule has 5 heteroatoms. The van der Waals surface area contributed by atoms with E-state index in [1.165, 1.54) is 12.8 Å². The van der Waals surface area contributed by atoms with Gasteiger partial charge in [-0.3, -0.25) is 0 Å². The second kappa shape index (κ2) is 5.77. The minimum Gasteiger partial charge on any atom is -0.351 e. The fourth-order valence-corrected chi connectivity index (χ4v) is 2.77. The molecule has 4 nitrogen and oxygen atoms in total. The topological polar surface area (TPSA) is 41.0 Å². The zero-order chi connectivity index (χ0) is 11.4. The van der Waals surface area contributed by atoms with Crippen molar-refractivity contribution < 1.29 is 0 Å². The Labute approximate surface area is 110 Å². The van der Waals surface area contributed by atoms with Crippen LogP contribution in [0.3, 0.4) is 0 Å². The first kappa shape index (κ1) is 12.0. The molecule has 1 aromatic rings. The van der Waals surface area contributed by atoms with E-state index in [0.29, 0.717) is 6.04 Å². The van der Waals surface area contributed by atoms with Crippen molar-refractivity contribution >= 4 is 28.4 Å². The van der Waals surface area contributed by atoms with Crippen molar-refractivity contribution in [2.24, 2.45) is 0 Å². The zero-order valence-electron chi connectivity index (χ0n) is 9.49. The summed E-state index contributed by atoms with van der Waals surface area (Å²) >= 11 is 2.31. The molecule has 1 unspecified atom stereocenters. The molecule has 88 valence electrons. The molecule has 1 atom stereocenters. The lowest BCUT2D eigenvalue weighted by molar-refractivity contribution is 0.584. The van der Waals surface area contributed by atoms with Crippen LogP contribution < -0.4 is 10.2 Å². The summed E-state index contributed by atoms with van der Waals surface area (Å²) in [7, 11) is 0. The summed E-state index contributed by atoms with van der Waals surface area (Å²) < 4.78 is 1.14. The molecule has 16 heavy (non-hydrogen) atoms. The quantitative estimate of drug-likeness (QED) is 0.852. The van der Waals surface area contributed by atoms with Gasteiger partial charge in [0.25, 0.3) is 0 Å². The number of rotatable bonds is 4. The zero-order valence-corrected chi connectivity index (χ0v) is 11.6. The van der Waals surface area contributed by atoms with Crippen LogP contribution in [0.5, 0.6) is 0 Å². The number of aromatic nitrogens is 2. The van der Waals surface area contributed by atoms with Crippen LogP contribution in [0.2, 0.25) is 0 Å². The van der Waals surface area contributed by atoms with E-state index in [-0.39, 0.29) is 0 Å². The predicted octanol–water partition coefficient (Wildman–Crippen LogP) is 1.66. The van der Waals surface area contributed by atoms with Gasteiger partial charge >= 0.3 is 0 Å².